The maximum Gasteiger partial charge on any atom is 0.277 e. The van der Waals surface area contributed by atoms with Gasteiger partial charge >= 0.3 is 0 Å². The third-order valence-corrected chi connectivity index (χ3v) is 2.55. The summed E-state index contributed by atoms with van der Waals surface area (Å²) in [5, 5.41) is 21.5. The van der Waals surface area contributed by atoms with Crippen molar-refractivity contribution >= 4 is 23.2 Å². The van der Waals surface area contributed by atoms with Crippen LogP contribution < -0.4 is 5.73 Å². The molecule has 0 spiro atoms. The number of benzene rings is 1. The zero-order valence-electron chi connectivity index (χ0n) is 11.0. The number of amides is 2. The van der Waals surface area contributed by atoms with Gasteiger partial charge in [0.05, 0.1) is 21.5 Å². The molecule has 0 saturated heterocycles. The molecule has 0 aliphatic heterocycles. The summed E-state index contributed by atoms with van der Waals surface area (Å²) < 4.78 is 0. The molecule has 0 aliphatic carbocycles. The van der Waals surface area contributed by atoms with Crippen molar-refractivity contribution in [1.82, 2.24) is 4.90 Å². The minimum atomic E-state index is -0.875. The van der Waals surface area contributed by atoms with Crippen LogP contribution in [0.1, 0.15) is 17.3 Å². The van der Waals surface area contributed by atoms with Gasteiger partial charge in [0.1, 0.15) is 0 Å². The Hall–Kier alpha value is -2.88. The van der Waals surface area contributed by atoms with E-state index >= 15 is 0 Å². The average molecular weight is 296 g/mol. The minimum Gasteiger partial charge on any atom is -0.329 e. The van der Waals surface area contributed by atoms with E-state index in [2.05, 4.69) is 0 Å². The number of carbonyl (C=O) groups is 2. The molecule has 10 nitrogen and oxygen atoms in total. The molecule has 0 unspecified atom stereocenters. The first-order valence-electron chi connectivity index (χ1n) is 5.74. The Balaban J connectivity index is 3.33. The fourth-order valence-electron chi connectivity index (χ4n) is 1.62. The zero-order valence-corrected chi connectivity index (χ0v) is 11.0. The van der Waals surface area contributed by atoms with Crippen LogP contribution in [0.25, 0.3) is 0 Å². The van der Waals surface area contributed by atoms with Crippen molar-refractivity contribution < 1.29 is 19.4 Å². The summed E-state index contributed by atoms with van der Waals surface area (Å²) in [5.41, 5.74) is 3.74. The fourth-order valence-corrected chi connectivity index (χ4v) is 1.62. The predicted octanol–water partition coefficient (Wildman–Crippen LogP) is 0.450. The van der Waals surface area contributed by atoms with Crippen LogP contribution in [0.4, 0.5) is 11.4 Å². The highest BCUT2D eigenvalue weighted by Gasteiger charge is 2.24. The summed E-state index contributed by atoms with van der Waals surface area (Å²) >= 11 is 0. The molecule has 10 heteroatoms. The van der Waals surface area contributed by atoms with Gasteiger partial charge in [0, 0.05) is 32.1 Å². The molecule has 0 atom stereocenters. The highest BCUT2D eigenvalue weighted by Crippen LogP contribution is 2.23. The molecule has 112 valence electrons. The fraction of sp³-hybridized carbons (Fsp3) is 0.273. The quantitative estimate of drug-likeness (QED) is 0.612. The van der Waals surface area contributed by atoms with E-state index in [0.717, 1.165) is 30.0 Å². The van der Waals surface area contributed by atoms with Crippen LogP contribution in [-0.2, 0) is 4.79 Å². The summed E-state index contributed by atoms with van der Waals surface area (Å²) in [7, 11) is 0. The van der Waals surface area contributed by atoms with Gasteiger partial charge in [-0.15, -0.1) is 0 Å². The van der Waals surface area contributed by atoms with Crippen molar-refractivity contribution in [1.29, 1.82) is 0 Å². The molecule has 0 aromatic heterocycles. The van der Waals surface area contributed by atoms with Crippen LogP contribution in [0.3, 0.4) is 0 Å². The van der Waals surface area contributed by atoms with Crippen LogP contribution in [0.15, 0.2) is 18.2 Å². The van der Waals surface area contributed by atoms with Crippen LogP contribution in [0, 0.1) is 20.2 Å². The second-order valence-electron chi connectivity index (χ2n) is 4.02. The topological polar surface area (TPSA) is 150 Å². The molecule has 1 aromatic rings. The molecule has 0 fully saturated rings. The van der Waals surface area contributed by atoms with Crippen LogP contribution in [0.2, 0.25) is 0 Å². The average Bonchev–Trinajstić information content (AvgIpc) is 2.43. The van der Waals surface area contributed by atoms with Crippen molar-refractivity contribution in [2.75, 3.05) is 13.1 Å². The molecule has 2 amide bonds. The highest BCUT2D eigenvalue weighted by molar-refractivity contribution is 6.04. The second-order valence-corrected chi connectivity index (χ2v) is 4.02. The van der Waals surface area contributed by atoms with Gasteiger partial charge in [-0.3, -0.25) is 34.7 Å². The predicted molar refractivity (Wildman–Crippen MR) is 70.5 cm³/mol. The maximum absolute atomic E-state index is 12.1. The molecule has 1 rings (SSSR count). The Kier molecular flexibility index (Phi) is 5.02. The smallest absolute Gasteiger partial charge is 0.277 e. The summed E-state index contributed by atoms with van der Waals surface area (Å²) in [6.45, 7) is 1.03. The van der Waals surface area contributed by atoms with E-state index in [-0.39, 0.29) is 18.7 Å². The summed E-state index contributed by atoms with van der Waals surface area (Å²) in [4.78, 5) is 44.1. The number of non-ortho nitro benzene ring substituents is 2. The highest BCUT2D eigenvalue weighted by atomic mass is 16.6. The summed E-state index contributed by atoms with van der Waals surface area (Å²) in [5.74, 6) is -1.49. The third kappa shape index (κ3) is 3.79. The zero-order chi connectivity index (χ0) is 16.2. The number of rotatable bonds is 5. The van der Waals surface area contributed by atoms with Crippen molar-refractivity contribution in [3.8, 4) is 0 Å². The molecule has 2 N–H and O–H groups in total. The van der Waals surface area contributed by atoms with Crippen molar-refractivity contribution in [3.05, 3.63) is 44.0 Å². The van der Waals surface area contributed by atoms with E-state index in [9.17, 15) is 29.8 Å². The van der Waals surface area contributed by atoms with Gasteiger partial charge in [-0.05, 0) is 0 Å². The van der Waals surface area contributed by atoms with Crippen molar-refractivity contribution in [2.45, 2.75) is 6.92 Å². The molecule has 0 aliphatic rings. The molecule has 21 heavy (non-hydrogen) atoms. The number of nitro groups is 2. The molecule has 0 bridgehead atoms. The van der Waals surface area contributed by atoms with Gasteiger partial charge in [0.15, 0.2) is 0 Å². The Morgan fingerprint density at radius 3 is 1.95 bits per heavy atom. The number of carbonyl (C=O) groups excluding carboxylic acids is 2. The Morgan fingerprint density at radius 2 is 1.62 bits per heavy atom. The largest absolute Gasteiger partial charge is 0.329 e. The van der Waals surface area contributed by atoms with Crippen LogP contribution in [0.5, 0.6) is 0 Å². The number of nitrogens with zero attached hydrogens (tertiary/aromatic N) is 3. The Labute approximate surface area is 118 Å². The summed E-state index contributed by atoms with van der Waals surface area (Å²) in [6.07, 6.45) is 0. The van der Waals surface area contributed by atoms with Gasteiger partial charge in [-0.25, -0.2) is 0 Å². The standard InChI is InChI=1S/C11H12N4O6/c1-7(16)13(3-2-12)11(17)8-4-9(14(18)19)6-10(5-8)15(20)21/h4-6H,2-3,12H2,1H3. The molecule has 0 heterocycles. The lowest BCUT2D eigenvalue weighted by molar-refractivity contribution is -0.394. The lowest BCUT2D eigenvalue weighted by Gasteiger charge is -2.17. The third-order valence-electron chi connectivity index (χ3n) is 2.55. The molecule has 1 aromatic carbocycles. The van der Waals surface area contributed by atoms with Gasteiger partial charge in [-0.1, -0.05) is 0 Å². The minimum absolute atomic E-state index is 0.00232. The van der Waals surface area contributed by atoms with E-state index in [1.165, 1.54) is 0 Å². The van der Waals surface area contributed by atoms with E-state index in [1.807, 2.05) is 0 Å². The van der Waals surface area contributed by atoms with E-state index < -0.39 is 33.0 Å². The first kappa shape index (κ1) is 16.2. The number of hydrogen-bond acceptors (Lipinski definition) is 7. The lowest BCUT2D eigenvalue weighted by atomic mass is 10.1. The normalized spacial score (nSPS) is 10.0. The molecular weight excluding hydrogens is 284 g/mol. The van der Waals surface area contributed by atoms with Crippen LogP contribution in [-0.4, -0.2) is 39.7 Å². The van der Waals surface area contributed by atoms with Crippen molar-refractivity contribution in [3.63, 3.8) is 0 Å². The summed E-state index contributed by atoms with van der Waals surface area (Å²) in [6, 6.07) is 2.49. The van der Waals surface area contributed by atoms with E-state index in [1.54, 1.807) is 0 Å². The maximum atomic E-state index is 12.1. The first-order valence-corrected chi connectivity index (χ1v) is 5.74. The van der Waals surface area contributed by atoms with Gasteiger partial charge in [-0.2, -0.15) is 0 Å². The lowest BCUT2D eigenvalue weighted by Crippen LogP contribution is -2.38. The van der Waals surface area contributed by atoms with Gasteiger partial charge in [0.25, 0.3) is 17.3 Å². The van der Waals surface area contributed by atoms with E-state index in [4.69, 9.17) is 5.73 Å². The van der Waals surface area contributed by atoms with Crippen LogP contribution >= 0.6 is 0 Å². The van der Waals surface area contributed by atoms with Crippen molar-refractivity contribution in [2.24, 2.45) is 5.73 Å². The number of hydrogen-bond donors (Lipinski definition) is 1. The van der Waals surface area contributed by atoms with E-state index in [0.29, 0.717) is 0 Å². The second kappa shape index (κ2) is 6.52. The number of imide groups is 1. The molecular formula is C11H12N4O6. The Morgan fingerprint density at radius 1 is 1.14 bits per heavy atom. The SMILES string of the molecule is CC(=O)N(CCN)C(=O)c1cc([N+](=O)[O-])cc([N+](=O)[O-])c1. The monoisotopic (exact) mass is 296 g/mol. The number of nitrogens with two attached hydrogens (primary N) is 1. The van der Waals surface area contributed by atoms with Gasteiger partial charge in [0.2, 0.25) is 5.91 Å². The Bertz CT molecular complexity index is 582. The first-order chi connectivity index (χ1) is 9.77. The van der Waals surface area contributed by atoms with Gasteiger partial charge < -0.3 is 5.73 Å². The molecule has 0 saturated carbocycles. The molecule has 0 radical (unpaired) electrons. The number of nitro benzene ring substituents is 2.